The number of rotatable bonds is 9. The van der Waals surface area contributed by atoms with Gasteiger partial charge in [-0.2, -0.15) is 5.26 Å². The van der Waals surface area contributed by atoms with Gasteiger partial charge in [-0.15, -0.1) is 0 Å². The summed E-state index contributed by atoms with van der Waals surface area (Å²) in [6.45, 7) is 0.542. The molecule has 1 aromatic rings. The van der Waals surface area contributed by atoms with E-state index in [4.69, 9.17) is 27.7 Å². The molecular formula is C16H19ClN4O3. The number of nitrogens with one attached hydrogen (secondary N) is 2. The summed E-state index contributed by atoms with van der Waals surface area (Å²) in [6.07, 6.45) is 3.57. The Morgan fingerprint density at radius 2 is 2.08 bits per heavy atom. The van der Waals surface area contributed by atoms with E-state index in [-0.39, 0.29) is 17.0 Å². The summed E-state index contributed by atoms with van der Waals surface area (Å²) in [7, 11) is 0. The van der Waals surface area contributed by atoms with Gasteiger partial charge in [0, 0.05) is 24.9 Å². The Bertz CT molecular complexity index is 668. The number of hydrogen-bond acceptors (Lipinski definition) is 5. The first-order valence-corrected chi connectivity index (χ1v) is 7.73. The van der Waals surface area contributed by atoms with Crippen LogP contribution in [0.5, 0.6) is 0 Å². The smallest absolute Gasteiger partial charge is 0.303 e. The number of nitrogens with two attached hydrogens (primary N) is 1. The number of amides is 1. The van der Waals surface area contributed by atoms with E-state index in [1.54, 1.807) is 12.1 Å². The molecule has 7 nitrogen and oxygen atoms in total. The van der Waals surface area contributed by atoms with Crippen molar-refractivity contribution in [2.75, 3.05) is 17.6 Å². The highest BCUT2D eigenvalue weighted by molar-refractivity contribution is 6.34. The molecule has 1 rings (SSSR count). The third-order valence-corrected chi connectivity index (χ3v) is 3.38. The molecule has 0 atom stereocenters. The van der Waals surface area contributed by atoms with Crippen molar-refractivity contribution in [1.82, 2.24) is 5.32 Å². The highest BCUT2D eigenvalue weighted by atomic mass is 35.5. The number of carbonyl (C=O) groups excluding carboxylic acids is 1. The van der Waals surface area contributed by atoms with Crippen LogP contribution in [0.2, 0.25) is 5.02 Å². The zero-order chi connectivity index (χ0) is 17.9. The molecule has 0 spiro atoms. The van der Waals surface area contributed by atoms with Crippen LogP contribution in [-0.2, 0) is 9.59 Å². The van der Waals surface area contributed by atoms with E-state index in [9.17, 15) is 9.59 Å². The van der Waals surface area contributed by atoms with Crippen LogP contribution in [0.1, 0.15) is 25.7 Å². The monoisotopic (exact) mass is 350 g/mol. The molecule has 0 saturated carbocycles. The molecule has 0 radical (unpaired) electrons. The van der Waals surface area contributed by atoms with Crippen molar-refractivity contribution < 1.29 is 14.7 Å². The lowest BCUT2D eigenvalue weighted by Crippen LogP contribution is -2.17. The number of unbranched alkanes of at least 4 members (excludes halogenated alkanes) is 2. The number of nitrogen functional groups attached to an aromatic ring is 1. The number of anilines is 2. The highest BCUT2D eigenvalue weighted by Crippen LogP contribution is 2.24. The molecule has 0 fully saturated rings. The molecule has 0 aliphatic carbocycles. The van der Waals surface area contributed by atoms with Crippen LogP contribution >= 0.6 is 11.6 Å². The third-order valence-electron chi connectivity index (χ3n) is 3.06. The minimum absolute atomic E-state index is 0.0894. The summed E-state index contributed by atoms with van der Waals surface area (Å²) in [6, 6.07) is 6.46. The summed E-state index contributed by atoms with van der Waals surface area (Å²) in [5.41, 5.74) is 6.32. The van der Waals surface area contributed by atoms with Gasteiger partial charge < -0.3 is 21.5 Å². The number of aliphatic carboxylic acids is 1. The van der Waals surface area contributed by atoms with E-state index in [1.807, 2.05) is 6.07 Å². The molecule has 0 aliphatic heterocycles. The van der Waals surface area contributed by atoms with Gasteiger partial charge in [0.15, 0.2) is 0 Å². The van der Waals surface area contributed by atoms with Crippen molar-refractivity contribution in [3.8, 4) is 6.07 Å². The molecule has 0 unspecified atom stereocenters. The molecule has 0 bridgehead atoms. The van der Waals surface area contributed by atoms with Gasteiger partial charge in [0.1, 0.15) is 11.6 Å². The SMILES string of the molecule is N#C/C(=C/NCCCCCC(=O)O)C(=O)Nc1ccc(N)cc1Cl. The predicted octanol–water partition coefficient (Wildman–Crippen LogP) is 2.50. The van der Waals surface area contributed by atoms with Crippen LogP contribution in [0.4, 0.5) is 11.4 Å². The second-order valence-corrected chi connectivity index (χ2v) is 5.43. The molecule has 0 aliphatic rings. The summed E-state index contributed by atoms with van der Waals surface area (Å²) >= 11 is 5.96. The van der Waals surface area contributed by atoms with Crippen LogP contribution in [0.3, 0.4) is 0 Å². The van der Waals surface area contributed by atoms with Crippen LogP contribution in [-0.4, -0.2) is 23.5 Å². The van der Waals surface area contributed by atoms with Crippen LogP contribution in [0, 0.1) is 11.3 Å². The minimum Gasteiger partial charge on any atom is -0.481 e. The quantitative estimate of drug-likeness (QED) is 0.234. The highest BCUT2D eigenvalue weighted by Gasteiger charge is 2.11. The van der Waals surface area contributed by atoms with Gasteiger partial charge in [-0.05, 0) is 31.0 Å². The van der Waals surface area contributed by atoms with Gasteiger partial charge in [-0.1, -0.05) is 18.0 Å². The number of benzene rings is 1. The first kappa shape index (κ1) is 19.3. The summed E-state index contributed by atoms with van der Waals surface area (Å²) in [5.74, 6) is -1.39. The maximum Gasteiger partial charge on any atom is 0.303 e. The Morgan fingerprint density at radius 3 is 2.71 bits per heavy atom. The number of nitrogens with zero attached hydrogens (tertiary/aromatic N) is 1. The zero-order valence-electron chi connectivity index (χ0n) is 13.0. The topological polar surface area (TPSA) is 128 Å². The van der Waals surface area contributed by atoms with E-state index >= 15 is 0 Å². The van der Waals surface area contributed by atoms with Gasteiger partial charge in [0.25, 0.3) is 5.91 Å². The van der Waals surface area contributed by atoms with E-state index < -0.39 is 11.9 Å². The molecule has 1 amide bonds. The molecular weight excluding hydrogens is 332 g/mol. The van der Waals surface area contributed by atoms with Crippen LogP contribution in [0.15, 0.2) is 30.0 Å². The van der Waals surface area contributed by atoms with E-state index in [1.165, 1.54) is 12.3 Å². The Hall–Kier alpha value is -2.72. The molecule has 0 heterocycles. The van der Waals surface area contributed by atoms with Crippen molar-refractivity contribution in [1.29, 1.82) is 5.26 Å². The lowest BCUT2D eigenvalue weighted by Gasteiger charge is -2.07. The fourth-order valence-electron chi connectivity index (χ4n) is 1.83. The Labute approximate surface area is 145 Å². The fraction of sp³-hybridized carbons (Fsp3) is 0.312. The molecule has 5 N–H and O–H groups in total. The fourth-order valence-corrected chi connectivity index (χ4v) is 2.06. The average molecular weight is 351 g/mol. The van der Waals surface area contributed by atoms with Gasteiger partial charge in [0.2, 0.25) is 0 Å². The Kier molecular flexibility index (Phi) is 8.16. The Balaban J connectivity index is 2.45. The summed E-state index contributed by atoms with van der Waals surface area (Å²) < 4.78 is 0. The second-order valence-electron chi connectivity index (χ2n) is 5.02. The van der Waals surface area contributed by atoms with E-state index in [0.29, 0.717) is 24.3 Å². The molecule has 8 heteroatoms. The van der Waals surface area contributed by atoms with Gasteiger partial charge >= 0.3 is 5.97 Å². The number of halogens is 1. The van der Waals surface area contributed by atoms with Crippen molar-refractivity contribution in [2.45, 2.75) is 25.7 Å². The molecule has 0 aromatic heterocycles. The van der Waals surface area contributed by atoms with Crippen molar-refractivity contribution in [3.63, 3.8) is 0 Å². The second kappa shape index (κ2) is 10.1. The number of carboxylic acid groups (broad SMARTS) is 1. The van der Waals surface area contributed by atoms with Crippen molar-refractivity contribution >= 4 is 34.9 Å². The zero-order valence-corrected chi connectivity index (χ0v) is 13.8. The number of carbonyl (C=O) groups is 2. The lowest BCUT2D eigenvalue weighted by atomic mass is 10.2. The van der Waals surface area contributed by atoms with Gasteiger partial charge in [-0.3, -0.25) is 9.59 Å². The standard InChI is InChI=1S/C16H19ClN4O3/c17-13-8-12(19)5-6-14(13)21-16(24)11(9-18)10-20-7-3-1-2-4-15(22)23/h5-6,8,10,20H,1-4,7,19H2,(H,21,24)(H,22,23)/b11-10-. The van der Waals surface area contributed by atoms with Gasteiger partial charge in [-0.25, -0.2) is 0 Å². The molecule has 128 valence electrons. The van der Waals surface area contributed by atoms with Crippen LogP contribution in [0.25, 0.3) is 0 Å². The molecule has 1 aromatic carbocycles. The van der Waals surface area contributed by atoms with Crippen molar-refractivity contribution in [2.24, 2.45) is 0 Å². The van der Waals surface area contributed by atoms with E-state index in [2.05, 4.69) is 10.6 Å². The normalized spacial score (nSPS) is 10.8. The maximum absolute atomic E-state index is 12.0. The first-order chi connectivity index (χ1) is 11.4. The number of nitriles is 1. The molecule has 0 saturated heterocycles. The van der Waals surface area contributed by atoms with Crippen molar-refractivity contribution in [3.05, 3.63) is 35.0 Å². The molecule has 24 heavy (non-hydrogen) atoms. The average Bonchev–Trinajstić information content (AvgIpc) is 2.52. The maximum atomic E-state index is 12.0. The van der Waals surface area contributed by atoms with Gasteiger partial charge in [0.05, 0.1) is 10.7 Å². The van der Waals surface area contributed by atoms with E-state index in [0.717, 1.165) is 12.8 Å². The Morgan fingerprint density at radius 1 is 1.33 bits per heavy atom. The van der Waals surface area contributed by atoms with Crippen LogP contribution < -0.4 is 16.4 Å². The lowest BCUT2D eigenvalue weighted by molar-refractivity contribution is -0.137. The number of hydrogen-bond donors (Lipinski definition) is 4. The third kappa shape index (κ3) is 7.03. The predicted molar refractivity (Wildman–Crippen MR) is 92.3 cm³/mol. The first-order valence-electron chi connectivity index (χ1n) is 7.36. The largest absolute Gasteiger partial charge is 0.481 e. The summed E-state index contributed by atoms with van der Waals surface area (Å²) in [4.78, 5) is 22.4. The minimum atomic E-state index is -0.812. The number of carboxylic acids is 1. The summed E-state index contributed by atoms with van der Waals surface area (Å²) in [5, 5.41) is 23.3.